The minimum atomic E-state index is 0.116. The summed E-state index contributed by atoms with van der Waals surface area (Å²) in [7, 11) is 0. The summed E-state index contributed by atoms with van der Waals surface area (Å²) in [5, 5.41) is 8.50. The van der Waals surface area contributed by atoms with Gasteiger partial charge in [0.15, 0.2) is 0 Å². The summed E-state index contributed by atoms with van der Waals surface area (Å²) >= 11 is 0. The Hall–Kier alpha value is -0.380. The number of nitrogens with zero attached hydrogens (tertiary/aromatic N) is 1. The van der Waals surface area contributed by atoms with Crippen LogP contribution in [0.3, 0.4) is 0 Å². The maximum Gasteiger partial charge on any atom is 0.0698 e. The normalized spacial score (nSPS) is 23.6. The highest BCUT2D eigenvalue weighted by molar-refractivity contribution is 4.91. The van der Waals surface area contributed by atoms with Gasteiger partial charge in [0.05, 0.1) is 19.8 Å². The number of aliphatic hydroxyl groups is 1. The highest BCUT2D eigenvalue weighted by Gasteiger charge is 2.20. The molecule has 3 heteroatoms. The van der Waals surface area contributed by atoms with Gasteiger partial charge in [0.25, 0.3) is 0 Å². The van der Waals surface area contributed by atoms with Crippen LogP contribution in [0.2, 0.25) is 0 Å². The van der Waals surface area contributed by atoms with Gasteiger partial charge in [-0.2, -0.15) is 0 Å². The Morgan fingerprint density at radius 2 is 2.38 bits per heavy atom. The van der Waals surface area contributed by atoms with Crippen molar-refractivity contribution < 1.29 is 9.84 Å². The minimum Gasteiger partial charge on any atom is -0.394 e. The van der Waals surface area contributed by atoms with Crippen molar-refractivity contribution in [1.82, 2.24) is 4.90 Å². The van der Waals surface area contributed by atoms with E-state index in [9.17, 15) is 0 Å². The number of hydrogen-bond donors (Lipinski definition) is 1. The molecule has 1 N–H and O–H groups in total. The Balaban J connectivity index is 2.09. The fourth-order valence-corrected chi connectivity index (χ4v) is 1.74. The van der Waals surface area contributed by atoms with Crippen LogP contribution < -0.4 is 0 Å². The van der Waals surface area contributed by atoms with Gasteiger partial charge in [-0.3, -0.25) is 4.90 Å². The third kappa shape index (κ3) is 3.46. The van der Waals surface area contributed by atoms with E-state index in [0.717, 1.165) is 13.1 Å². The maximum absolute atomic E-state index is 8.50. The molecular formula is C10H19NO2. The molecular weight excluding hydrogens is 166 g/mol. The molecule has 1 heterocycles. The quantitative estimate of drug-likeness (QED) is 0.487. The number of rotatable bonds is 6. The van der Waals surface area contributed by atoms with E-state index in [0.29, 0.717) is 19.3 Å². The van der Waals surface area contributed by atoms with Crippen molar-refractivity contribution >= 4 is 0 Å². The monoisotopic (exact) mass is 185 g/mol. The fourth-order valence-electron chi connectivity index (χ4n) is 1.74. The predicted molar refractivity (Wildman–Crippen MR) is 52.7 cm³/mol. The second kappa shape index (κ2) is 6.13. The molecule has 76 valence electrons. The van der Waals surface area contributed by atoms with Gasteiger partial charge < -0.3 is 9.84 Å². The Bertz CT molecular complexity index is 150. The van der Waals surface area contributed by atoms with Gasteiger partial charge in [0.1, 0.15) is 0 Å². The van der Waals surface area contributed by atoms with Crippen LogP contribution in [0.1, 0.15) is 12.8 Å². The van der Waals surface area contributed by atoms with Crippen molar-refractivity contribution in [2.45, 2.75) is 18.9 Å². The van der Waals surface area contributed by atoms with E-state index < -0.39 is 0 Å². The highest BCUT2D eigenvalue weighted by Crippen LogP contribution is 2.16. The van der Waals surface area contributed by atoms with Gasteiger partial charge in [0.2, 0.25) is 0 Å². The fraction of sp³-hybridized carbons (Fsp3) is 0.800. The third-order valence-electron chi connectivity index (χ3n) is 2.44. The lowest BCUT2D eigenvalue weighted by Gasteiger charge is -2.20. The summed E-state index contributed by atoms with van der Waals surface area (Å²) in [6, 6.07) is 0.540. The van der Waals surface area contributed by atoms with Crippen LogP contribution >= 0.6 is 0 Å². The molecule has 0 bridgehead atoms. The zero-order chi connectivity index (χ0) is 9.52. The molecule has 0 radical (unpaired) electrons. The molecule has 0 unspecified atom stereocenters. The maximum atomic E-state index is 8.50. The van der Waals surface area contributed by atoms with E-state index in [1.165, 1.54) is 12.8 Å². The molecule has 1 fully saturated rings. The molecule has 0 aromatic carbocycles. The van der Waals surface area contributed by atoms with Gasteiger partial charge >= 0.3 is 0 Å². The average Bonchev–Trinajstić information content (AvgIpc) is 2.60. The Kier molecular flexibility index (Phi) is 5.05. The van der Waals surface area contributed by atoms with Crippen LogP contribution in [0.5, 0.6) is 0 Å². The summed E-state index contributed by atoms with van der Waals surface area (Å²) in [6.07, 6.45) is 4.50. The molecule has 3 nitrogen and oxygen atoms in total. The number of hydrogen-bond acceptors (Lipinski definition) is 3. The van der Waals surface area contributed by atoms with Gasteiger partial charge in [-0.05, 0) is 19.4 Å². The standard InChI is InChI=1S/C10H19NO2/c1-2-10-4-3-5-11(10)6-8-13-9-7-12/h2,10,12H,1,3-9H2/t10-/m1/s1. The van der Waals surface area contributed by atoms with Gasteiger partial charge in [-0.1, -0.05) is 6.08 Å². The lowest BCUT2D eigenvalue weighted by Crippen LogP contribution is -2.31. The summed E-state index contributed by atoms with van der Waals surface area (Å²) < 4.78 is 5.21. The van der Waals surface area contributed by atoms with Crippen molar-refractivity contribution in [3.05, 3.63) is 12.7 Å². The van der Waals surface area contributed by atoms with Gasteiger partial charge in [-0.25, -0.2) is 0 Å². The molecule has 1 atom stereocenters. The van der Waals surface area contributed by atoms with Crippen LogP contribution in [-0.2, 0) is 4.74 Å². The first-order chi connectivity index (χ1) is 6.38. The number of aliphatic hydroxyl groups excluding tert-OH is 1. The van der Waals surface area contributed by atoms with Crippen LogP contribution in [0, 0.1) is 0 Å². The molecule has 13 heavy (non-hydrogen) atoms. The smallest absolute Gasteiger partial charge is 0.0698 e. The first-order valence-corrected chi connectivity index (χ1v) is 4.93. The van der Waals surface area contributed by atoms with Crippen molar-refractivity contribution in [1.29, 1.82) is 0 Å². The van der Waals surface area contributed by atoms with Crippen molar-refractivity contribution in [3.63, 3.8) is 0 Å². The summed E-state index contributed by atoms with van der Waals surface area (Å²) in [5.74, 6) is 0. The zero-order valence-corrected chi connectivity index (χ0v) is 8.11. The van der Waals surface area contributed by atoms with Crippen LogP contribution in [0.4, 0.5) is 0 Å². The first kappa shape index (κ1) is 10.7. The van der Waals surface area contributed by atoms with Gasteiger partial charge in [-0.15, -0.1) is 6.58 Å². The SMILES string of the molecule is C=C[C@@H]1CCCN1CCOCCO. The van der Waals surface area contributed by atoms with Gasteiger partial charge in [0, 0.05) is 12.6 Å². The van der Waals surface area contributed by atoms with Crippen molar-refractivity contribution in [2.24, 2.45) is 0 Å². The second-order valence-corrected chi connectivity index (χ2v) is 3.32. The molecule has 1 aliphatic heterocycles. The molecule has 1 aliphatic rings. The number of likely N-dealkylation sites (tertiary alicyclic amines) is 1. The van der Waals surface area contributed by atoms with E-state index in [-0.39, 0.29) is 6.61 Å². The zero-order valence-electron chi connectivity index (χ0n) is 8.11. The molecule has 0 aromatic heterocycles. The van der Waals surface area contributed by atoms with E-state index >= 15 is 0 Å². The Morgan fingerprint density at radius 3 is 3.08 bits per heavy atom. The second-order valence-electron chi connectivity index (χ2n) is 3.32. The Morgan fingerprint density at radius 1 is 1.54 bits per heavy atom. The van der Waals surface area contributed by atoms with Crippen LogP contribution in [-0.4, -0.2) is 49.0 Å². The lowest BCUT2D eigenvalue weighted by molar-refractivity contribution is 0.0743. The topological polar surface area (TPSA) is 32.7 Å². The van der Waals surface area contributed by atoms with Crippen molar-refractivity contribution in [3.8, 4) is 0 Å². The summed E-state index contributed by atoms with van der Waals surface area (Å²) in [5.41, 5.74) is 0. The van der Waals surface area contributed by atoms with E-state index in [4.69, 9.17) is 9.84 Å². The molecule has 0 spiro atoms. The molecule has 1 rings (SSSR count). The highest BCUT2D eigenvalue weighted by atomic mass is 16.5. The molecule has 0 amide bonds. The minimum absolute atomic E-state index is 0.116. The lowest BCUT2D eigenvalue weighted by atomic mass is 10.2. The van der Waals surface area contributed by atoms with Crippen LogP contribution in [0.25, 0.3) is 0 Å². The number of ether oxygens (including phenoxy) is 1. The van der Waals surface area contributed by atoms with E-state index in [1.807, 2.05) is 6.08 Å². The largest absolute Gasteiger partial charge is 0.394 e. The summed E-state index contributed by atoms with van der Waals surface area (Å²) in [6.45, 7) is 7.20. The first-order valence-electron chi connectivity index (χ1n) is 4.93. The molecule has 0 aliphatic carbocycles. The summed E-state index contributed by atoms with van der Waals surface area (Å²) in [4.78, 5) is 2.38. The van der Waals surface area contributed by atoms with E-state index in [2.05, 4.69) is 11.5 Å². The Labute approximate surface area is 80.0 Å². The predicted octanol–water partition coefficient (Wildman–Crippen LogP) is 0.646. The van der Waals surface area contributed by atoms with Crippen molar-refractivity contribution in [2.75, 3.05) is 32.9 Å². The average molecular weight is 185 g/mol. The molecule has 0 saturated carbocycles. The molecule has 0 aromatic rings. The van der Waals surface area contributed by atoms with Crippen LogP contribution in [0.15, 0.2) is 12.7 Å². The third-order valence-corrected chi connectivity index (χ3v) is 2.44. The van der Waals surface area contributed by atoms with E-state index in [1.54, 1.807) is 0 Å². The molecule has 1 saturated heterocycles.